The minimum absolute atomic E-state index is 0.0164. The second-order valence-electron chi connectivity index (χ2n) is 6.67. The van der Waals surface area contributed by atoms with E-state index in [1.165, 1.54) is 29.3 Å². The van der Waals surface area contributed by atoms with Gasteiger partial charge in [0, 0.05) is 35.0 Å². The molecule has 0 aliphatic carbocycles. The number of rotatable bonds is 8. The summed E-state index contributed by atoms with van der Waals surface area (Å²) in [5, 5.41) is 1.32. The SMILES string of the molecule is CCCC[C@@](CC)(CC=O)c1cn(C(C)C)c2ccccc12. The van der Waals surface area contributed by atoms with E-state index in [2.05, 4.69) is 62.7 Å². The topological polar surface area (TPSA) is 22.0 Å². The predicted octanol–water partition coefficient (Wildman–Crippen LogP) is 5.65. The summed E-state index contributed by atoms with van der Waals surface area (Å²) < 4.78 is 2.35. The molecular weight excluding hydrogens is 270 g/mol. The zero-order valence-electron chi connectivity index (χ0n) is 14.4. The Morgan fingerprint density at radius 2 is 1.95 bits per heavy atom. The van der Waals surface area contributed by atoms with E-state index in [4.69, 9.17) is 0 Å². The van der Waals surface area contributed by atoms with Crippen LogP contribution in [-0.4, -0.2) is 10.9 Å². The Labute approximate surface area is 134 Å². The van der Waals surface area contributed by atoms with Gasteiger partial charge in [-0.3, -0.25) is 0 Å². The molecule has 0 unspecified atom stereocenters. The Morgan fingerprint density at radius 3 is 2.55 bits per heavy atom. The van der Waals surface area contributed by atoms with Gasteiger partial charge in [0.05, 0.1) is 0 Å². The molecule has 0 amide bonds. The number of para-hydroxylation sites is 1. The van der Waals surface area contributed by atoms with E-state index in [-0.39, 0.29) is 5.41 Å². The van der Waals surface area contributed by atoms with Crippen LogP contribution in [0.15, 0.2) is 30.5 Å². The normalized spacial score (nSPS) is 14.4. The molecule has 1 atom stereocenters. The quantitative estimate of drug-likeness (QED) is 0.577. The van der Waals surface area contributed by atoms with Crippen molar-refractivity contribution < 1.29 is 4.79 Å². The van der Waals surface area contributed by atoms with Crippen molar-refractivity contribution in [1.82, 2.24) is 4.57 Å². The first-order valence-corrected chi connectivity index (χ1v) is 8.63. The van der Waals surface area contributed by atoms with Crippen molar-refractivity contribution in [3.63, 3.8) is 0 Å². The van der Waals surface area contributed by atoms with Gasteiger partial charge in [0.15, 0.2) is 0 Å². The fourth-order valence-corrected chi connectivity index (χ4v) is 3.59. The number of nitrogens with zero attached hydrogens (tertiary/aromatic N) is 1. The molecule has 0 N–H and O–H groups in total. The molecular formula is C20H29NO. The molecule has 0 saturated carbocycles. The highest BCUT2D eigenvalue weighted by Crippen LogP contribution is 2.41. The maximum atomic E-state index is 11.4. The van der Waals surface area contributed by atoms with Crippen LogP contribution in [0.25, 0.3) is 10.9 Å². The number of hydrogen-bond donors (Lipinski definition) is 0. The largest absolute Gasteiger partial charge is 0.345 e. The van der Waals surface area contributed by atoms with Crippen molar-refractivity contribution in [2.45, 2.75) is 71.3 Å². The number of unbranched alkanes of at least 4 members (excludes halogenated alkanes) is 1. The Hall–Kier alpha value is -1.57. The molecule has 1 aromatic heterocycles. The first kappa shape index (κ1) is 16.8. The van der Waals surface area contributed by atoms with Crippen molar-refractivity contribution in [2.75, 3.05) is 0 Å². The maximum absolute atomic E-state index is 11.4. The Morgan fingerprint density at radius 1 is 1.23 bits per heavy atom. The third kappa shape index (κ3) is 2.97. The predicted molar refractivity (Wildman–Crippen MR) is 94.5 cm³/mol. The summed E-state index contributed by atoms with van der Waals surface area (Å²) in [4.78, 5) is 11.4. The van der Waals surface area contributed by atoms with Crippen LogP contribution in [0.4, 0.5) is 0 Å². The average molecular weight is 299 g/mol. The summed E-state index contributed by atoms with van der Waals surface area (Å²) in [5.41, 5.74) is 2.63. The highest BCUT2D eigenvalue weighted by atomic mass is 16.1. The van der Waals surface area contributed by atoms with E-state index in [9.17, 15) is 4.79 Å². The molecule has 0 radical (unpaired) electrons. The second kappa shape index (κ2) is 7.13. The van der Waals surface area contributed by atoms with Crippen molar-refractivity contribution >= 4 is 17.2 Å². The van der Waals surface area contributed by atoms with Crippen LogP contribution < -0.4 is 0 Å². The molecule has 2 aromatic rings. The first-order chi connectivity index (χ1) is 10.6. The van der Waals surface area contributed by atoms with E-state index >= 15 is 0 Å². The summed E-state index contributed by atoms with van der Waals surface area (Å²) in [6.07, 6.45) is 8.48. The smallest absolute Gasteiger partial charge is 0.120 e. The maximum Gasteiger partial charge on any atom is 0.120 e. The van der Waals surface area contributed by atoms with Crippen LogP contribution in [0.1, 0.15) is 71.4 Å². The summed E-state index contributed by atoms with van der Waals surface area (Å²) >= 11 is 0. The van der Waals surface area contributed by atoms with Crippen LogP contribution in [0.5, 0.6) is 0 Å². The van der Waals surface area contributed by atoms with Crippen LogP contribution in [0, 0.1) is 0 Å². The lowest BCUT2D eigenvalue weighted by Gasteiger charge is -2.31. The Bertz CT molecular complexity index is 626. The van der Waals surface area contributed by atoms with Gasteiger partial charge in [0.2, 0.25) is 0 Å². The molecule has 0 spiro atoms. The minimum Gasteiger partial charge on any atom is -0.345 e. The summed E-state index contributed by atoms with van der Waals surface area (Å²) in [6, 6.07) is 9.04. The molecule has 120 valence electrons. The van der Waals surface area contributed by atoms with Crippen molar-refractivity contribution in [1.29, 1.82) is 0 Å². The number of fused-ring (bicyclic) bond motifs is 1. The van der Waals surface area contributed by atoms with Gasteiger partial charge in [0.1, 0.15) is 6.29 Å². The van der Waals surface area contributed by atoms with Gasteiger partial charge in [-0.25, -0.2) is 0 Å². The first-order valence-electron chi connectivity index (χ1n) is 8.63. The molecule has 2 rings (SSSR count). The van der Waals surface area contributed by atoms with Crippen molar-refractivity contribution in [3.05, 3.63) is 36.0 Å². The molecule has 1 heterocycles. The minimum atomic E-state index is -0.0164. The molecule has 22 heavy (non-hydrogen) atoms. The lowest BCUT2D eigenvalue weighted by molar-refractivity contribution is -0.109. The standard InChI is InChI=1S/C20H29NO/c1-5-7-12-20(6-2,13-14-22)18-15-21(16(3)4)19-11-9-8-10-17(18)19/h8-11,14-16H,5-7,12-13H2,1-4H3/t20-/m0/s1. The lowest BCUT2D eigenvalue weighted by atomic mass is 9.72. The van der Waals surface area contributed by atoms with E-state index in [1.807, 2.05) is 0 Å². The van der Waals surface area contributed by atoms with Crippen molar-refractivity contribution in [3.8, 4) is 0 Å². The number of hydrogen-bond acceptors (Lipinski definition) is 1. The van der Waals surface area contributed by atoms with E-state index in [0.29, 0.717) is 12.5 Å². The number of carbonyl (C=O) groups excluding carboxylic acids is 1. The Kier molecular flexibility index (Phi) is 5.44. The van der Waals surface area contributed by atoms with Crippen molar-refractivity contribution in [2.24, 2.45) is 0 Å². The number of aromatic nitrogens is 1. The highest BCUT2D eigenvalue weighted by Gasteiger charge is 2.32. The van der Waals surface area contributed by atoms with Gasteiger partial charge >= 0.3 is 0 Å². The zero-order valence-corrected chi connectivity index (χ0v) is 14.4. The van der Waals surface area contributed by atoms with Gasteiger partial charge in [-0.05, 0) is 38.3 Å². The molecule has 0 saturated heterocycles. The van der Waals surface area contributed by atoms with E-state index in [0.717, 1.165) is 19.1 Å². The molecule has 0 aliphatic heterocycles. The fraction of sp³-hybridized carbons (Fsp3) is 0.550. The van der Waals surface area contributed by atoms with E-state index in [1.54, 1.807) is 0 Å². The summed E-state index contributed by atoms with van der Waals surface area (Å²) in [5.74, 6) is 0. The summed E-state index contributed by atoms with van der Waals surface area (Å²) in [7, 11) is 0. The van der Waals surface area contributed by atoms with Gasteiger partial charge < -0.3 is 9.36 Å². The molecule has 0 bridgehead atoms. The lowest BCUT2D eigenvalue weighted by Crippen LogP contribution is -2.26. The third-order valence-corrected chi connectivity index (χ3v) is 5.03. The van der Waals surface area contributed by atoms with Crippen LogP contribution in [0.3, 0.4) is 0 Å². The summed E-state index contributed by atoms with van der Waals surface area (Å²) in [6.45, 7) is 8.88. The van der Waals surface area contributed by atoms with Crippen LogP contribution >= 0.6 is 0 Å². The number of aldehydes is 1. The molecule has 0 fully saturated rings. The van der Waals surface area contributed by atoms with Gasteiger partial charge in [-0.15, -0.1) is 0 Å². The molecule has 2 heteroatoms. The third-order valence-electron chi connectivity index (χ3n) is 5.03. The fourth-order valence-electron chi connectivity index (χ4n) is 3.59. The highest BCUT2D eigenvalue weighted by molar-refractivity contribution is 5.85. The average Bonchev–Trinajstić information content (AvgIpc) is 2.92. The van der Waals surface area contributed by atoms with Crippen LogP contribution in [0.2, 0.25) is 0 Å². The monoisotopic (exact) mass is 299 g/mol. The number of carbonyl (C=O) groups is 1. The van der Waals surface area contributed by atoms with Gasteiger partial charge in [0.25, 0.3) is 0 Å². The van der Waals surface area contributed by atoms with Gasteiger partial charge in [-0.2, -0.15) is 0 Å². The van der Waals surface area contributed by atoms with E-state index < -0.39 is 0 Å². The van der Waals surface area contributed by atoms with Crippen LogP contribution in [-0.2, 0) is 10.2 Å². The molecule has 2 nitrogen and oxygen atoms in total. The second-order valence-corrected chi connectivity index (χ2v) is 6.67. The Balaban J connectivity index is 2.65. The van der Waals surface area contributed by atoms with Gasteiger partial charge in [-0.1, -0.05) is 44.9 Å². The molecule has 0 aliphatic rings. The number of benzene rings is 1. The molecule has 1 aromatic carbocycles. The zero-order chi connectivity index (χ0) is 16.2.